The van der Waals surface area contributed by atoms with Crippen LogP contribution in [0, 0.1) is 5.92 Å². The minimum Gasteiger partial charge on any atom is -0.464 e. The van der Waals surface area contributed by atoms with Gasteiger partial charge in [0.25, 0.3) is 0 Å². The molecule has 0 aliphatic carbocycles. The smallest absolute Gasteiger partial charge is 0.336 e. The molecular formula is C9H14O5. The van der Waals surface area contributed by atoms with Gasteiger partial charge in [0.15, 0.2) is 6.10 Å². The molecular weight excluding hydrogens is 188 g/mol. The van der Waals surface area contributed by atoms with Crippen LogP contribution in [-0.2, 0) is 19.1 Å². The van der Waals surface area contributed by atoms with E-state index in [4.69, 9.17) is 0 Å². The highest BCUT2D eigenvalue weighted by molar-refractivity contribution is 6.04. The minimum atomic E-state index is -1.69. The summed E-state index contributed by atoms with van der Waals surface area (Å²) in [6.45, 7) is 3.96. The first kappa shape index (κ1) is 12.8. The molecule has 0 heterocycles. The van der Waals surface area contributed by atoms with E-state index in [2.05, 4.69) is 4.74 Å². The number of ether oxygens (including phenoxy) is 1. The Hall–Kier alpha value is -1.23. The third-order valence-corrected chi connectivity index (χ3v) is 1.72. The lowest BCUT2D eigenvalue weighted by molar-refractivity contribution is -0.160. The fourth-order valence-electron chi connectivity index (χ4n) is 1.09. The molecule has 0 aliphatic heterocycles. The Kier molecular flexibility index (Phi) is 5.01. The van der Waals surface area contributed by atoms with E-state index in [0.29, 0.717) is 0 Å². The van der Waals surface area contributed by atoms with Gasteiger partial charge in [-0.15, -0.1) is 0 Å². The average Bonchev–Trinajstić information content (AvgIpc) is 2.03. The Labute approximate surface area is 82.1 Å². The lowest BCUT2D eigenvalue weighted by Crippen LogP contribution is -2.39. The third kappa shape index (κ3) is 3.26. The molecule has 5 heteroatoms. The standard InChI is InChI=1S/C9H14O5/c1-4-14-9(13)8(12)7(5(2)10)6(3)11/h7-8,12H,4H2,1-3H3. The SMILES string of the molecule is CCOC(=O)C(O)C(C(C)=O)C(C)=O. The van der Waals surface area contributed by atoms with Crippen molar-refractivity contribution in [1.29, 1.82) is 0 Å². The summed E-state index contributed by atoms with van der Waals surface area (Å²) >= 11 is 0. The second-order valence-electron chi connectivity index (χ2n) is 2.90. The van der Waals surface area contributed by atoms with Crippen LogP contribution in [0.15, 0.2) is 0 Å². The number of aliphatic hydroxyl groups is 1. The van der Waals surface area contributed by atoms with Gasteiger partial charge in [-0.3, -0.25) is 9.59 Å². The van der Waals surface area contributed by atoms with Crippen LogP contribution in [0.5, 0.6) is 0 Å². The van der Waals surface area contributed by atoms with Crippen molar-refractivity contribution in [3.05, 3.63) is 0 Å². The molecule has 0 amide bonds. The molecule has 0 saturated heterocycles. The first-order valence-corrected chi connectivity index (χ1v) is 4.27. The monoisotopic (exact) mass is 202 g/mol. The summed E-state index contributed by atoms with van der Waals surface area (Å²) in [5.74, 6) is -3.34. The van der Waals surface area contributed by atoms with Crippen molar-refractivity contribution in [2.45, 2.75) is 26.9 Å². The zero-order valence-electron chi connectivity index (χ0n) is 8.44. The summed E-state index contributed by atoms with van der Waals surface area (Å²) in [5.41, 5.74) is 0. The Morgan fingerprint density at radius 3 is 1.93 bits per heavy atom. The molecule has 0 spiro atoms. The lowest BCUT2D eigenvalue weighted by Gasteiger charge is -2.15. The number of Topliss-reactive ketones (excluding diaryl/α,β-unsaturated/α-hetero) is 2. The Morgan fingerprint density at radius 1 is 1.21 bits per heavy atom. The van der Waals surface area contributed by atoms with Crippen LogP contribution in [0.3, 0.4) is 0 Å². The molecule has 0 bridgehead atoms. The van der Waals surface area contributed by atoms with Gasteiger partial charge in [-0.25, -0.2) is 4.79 Å². The molecule has 0 aromatic heterocycles. The topological polar surface area (TPSA) is 80.7 Å². The first-order valence-electron chi connectivity index (χ1n) is 4.27. The van der Waals surface area contributed by atoms with Gasteiger partial charge in [0.2, 0.25) is 0 Å². The number of hydrogen-bond acceptors (Lipinski definition) is 5. The molecule has 0 radical (unpaired) electrons. The molecule has 0 saturated carbocycles. The van der Waals surface area contributed by atoms with Gasteiger partial charge in [-0.05, 0) is 20.8 Å². The lowest BCUT2D eigenvalue weighted by atomic mass is 9.94. The molecule has 1 unspecified atom stereocenters. The maximum atomic E-state index is 11.0. The Balaban J connectivity index is 4.59. The number of carbonyl (C=O) groups excluding carboxylic acids is 3. The van der Waals surface area contributed by atoms with Crippen LogP contribution in [0.1, 0.15) is 20.8 Å². The fraction of sp³-hybridized carbons (Fsp3) is 0.667. The highest BCUT2D eigenvalue weighted by Gasteiger charge is 2.34. The summed E-state index contributed by atoms with van der Waals surface area (Å²) < 4.78 is 4.49. The van der Waals surface area contributed by atoms with Crippen LogP contribution < -0.4 is 0 Å². The normalized spacial score (nSPS) is 12.4. The van der Waals surface area contributed by atoms with E-state index in [1.807, 2.05) is 0 Å². The second kappa shape index (κ2) is 5.49. The van der Waals surface area contributed by atoms with Crippen LogP contribution in [0.4, 0.5) is 0 Å². The van der Waals surface area contributed by atoms with Crippen molar-refractivity contribution in [3.63, 3.8) is 0 Å². The third-order valence-electron chi connectivity index (χ3n) is 1.72. The summed E-state index contributed by atoms with van der Waals surface area (Å²) in [4.78, 5) is 32.9. The summed E-state index contributed by atoms with van der Waals surface area (Å²) in [6, 6.07) is 0. The molecule has 0 aliphatic rings. The first-order chi connectivity index (χ1) is 6.41. The number of hydrogen-bond donors (Lipinski definition) is 1. The molecule has 14 heavy (non-hydrogen) atoms. The van der Waals surface area contributed by atoms with E-state index in [0.717, 1.165) is 13.8 Å². The quantitative estimate of drug-likeness (QED) is 0.489. The minimum absolute atomic E-state index is 0.0957. The van der Waals surface area contributed by atoms with Crippen molar-refractivity contribution in [2.24, 2.45) is 5.92 Å². The van der Waals surface area contributed by atoms with Crippen molar-refractivity contribution >= 4 is 17.5 Å². The molecule has 5 nitrogen and oxygen atoms in total. The van der Waals surface area contributed by atoms with Crippen molar-refractivity contribution in [3.8, 4) is 0 Å². The molecule has 0 aromatic rings. The fourth-order valence-corrected chi connectivity index (χ4v) is 1.09. The Morgan fingerprint density at radius 2 is 1.64 bits per heavy atom. The number of esters is 1. The van der Waals surface area contributed by atoms with E-state index in [1.54, 1.807) is 6.92 Å². The van der Waals surface area contributed by atoms with Crippen molar-refractivity contribution < 1.29 is 24.2 Å². The molecule has 0 aromatic carbocycles. The van der Waals surface area contributed by atoms with Crippen molar-refractivity contribution in [2.75, 3.05) is 6.61 Å². The molecule has 1 atom stereocenters. The number of ketones is 2. The number of carbonyl (C=O) groups is 3. The van der Waals surface area contributed by atoms with Gasteiger partial charge in [0, 0.05) is 0 Å². The van der Waals surface area contributed by atoms with E-state index < -0.39 is 29.6 Å². The van der Waals surface area contributed by atoms with E-state index >= 15 is 0 Å². The summed E-state index contributed by atoms with van der Waals surface area (Å²) in [5, 5.41) is 9.33. The van der Waals surface area contributed by atoms with E-state index in [1.165, 1.54) is 0 Å². The van der Waals surface area contributed by atoms with Gasteiger partial charge in [0.05, 0.1) is 6.61 Å². The van der Waals surface area contributed by atoms with E-state index in [-0.39, 0.29) is 6.61 Å². The molecule has 1 N–H and O–H groups in total. The average molecular weight is 202 g/mol. The van der Waals surface area contributed by atoms with E-state index in [9.17, 15) is 19.5 Å². The Bertz CT molecular complexity index is 232. The van der Waals surface area contributed by atoms with Gasteiger partial charge in [-0.2, -0.15) is 0 Å². The molecule has 0 fully saturated rings. The van der Waals surface area contributed by atoms with Crippen LogP contribution in [0.25, 0.3) is 0 Å². The van der Waals surface area contributed by atoms with Gasteiger partial charge >= 0.3 is 5.97 Å². The second-order valence-corrected chi connectivity index (χ2v) is 2.90. The number of aliphatic hydroxyl groups excluding tert-OH is 1. The van der Waals surface area contributed by atoms with Gasteiger partial charge in [0.1, 0.15) is 17.5 Å². The van der Waals surface area contributed by atoms with Crippen LogP contribution in [0.2, 0.25) is 0 Å². The molecule has 80 valence electrons. The van der Waals surface area contributed by atoms with Gasteiger partial charge < -0.3 is 9.84 Å². The summed E-state index contributed by atoms with van der Waals surface area (Å²) in [6.07, 6.45) is -1.69. The predicted molar refractivity (Wildman–Crippen MR) is 47.5 cm³/mol. The van der Waals surface area contributed by atoms with Crippen LogP contribution >= 0.6 is 0 Å². The zero-order chi connectivity index (χ0) is 11.3. The number of rotatable bonds is 5. The summed E-state index contributed by atoms with van der Waals surface area (Å²) in [7, 11) is 0. The van der Waals surface area contributed by atoms with Crippen LogP contribution in [-0.4, -0.2) is 35.4 Å². The zero-order valence-corrected chi connectivity index (χ0v) is 8.44. The van der Waals surface area contributed by atoms with Crippen molar-refractivity contribution in [1.82, 2.24) is 0 Å². The molecule has 0 rings (SSSR count). The van der Waals surface area contributed by atoms with Gasteiger partial charge in [-0.1, -0.05) is 0 Å². The highest BCUT2D eigenvalue weighted by atomic mass is 16.5. The maximum absolute atomic E-state index is 11.0. The highest BCUT2D eigenvalue weighted by Crippen LogP contribution is 2.08. The largest absolute Gasteiger partial charge is 0.464 e. The maximum Gasteiger partial charge on any atom is 0.336 e. The predicted octanol–water partition coefficient (Wildman–Crippen LogP) is -0.295.